The zero-order valence-corrected chi connectivity index (χ0v) is 21.1. The number of hydrogen-bond acceptors (Lipinski definition) is 4. The fourth-order valence-electron chi connectivity index (χ4n) is 3.42. The molecule has 0 fully saturated rings. The topological polar surface area (TPSA) is 104 Å². The molecule has 1 aromatic heterocycles. The number of halogens is 6. The van der Waals surface area contributed by atoms with E-state index in [0.29, 0.717) is 6.07 Å². The highest BCUT2D eigenvalue weighted by Gasteiger charge is 2.34. The quantitative estimate of drug-likeness (QED) is 0.298. The van der Waals surface area contributed by atoms with Gasteiger partial charge in [0.1, 0.15) is 36.0 Å². The fraction of sp³-hybridized carbons (Fsp3) is 0.269. The van der Waals surface area contributed by atoms with E-state index in [2.05, 4.69) is 10.6 Å². The van der Waals surface area contributed by atoms with Gasteiger partial charge in [-0.1, -0.05) is 0 Å². The van der Waals surface area contributed by atoms with Gasteiger partial charge in [0.05, 0.1) is 5.56 Å². The number of H-pyrrole nitrogens is 1. The van der Waals surface area contributed by atoms with E-state index in [9.17, 15) is 40.7 Å². The minimum absolute atomic E-state index is 0.150. The van der Waals surface area contributed by atoms with Crippen molar-refractivity contribution in [1.82, 2.24) is 15.2 Å². The first-order chi connectivity index (χ1) is 18.6. The van der Waals surface area contributed by atoms with Gasteiger partial charge in [0.2, 0.25) is 11.8 Å². The van der Waals surface area contributed by atoms with Gasteiger partial charge in [-0.2, -0.15) is 26.3 Å². The van der Waals surface area contributed by atoms with Gasteiger partial charge in [-0.15, -0.1) is 0 Å². The Morgan fingerprint density at radius 2 is 1.35 bits per heavy atom. The Morgan fingerprint density at radius 3 is 1.85 bits per heavy atom. The first-order valence-corrected chi connectivity index (χ1v) is 11.7. The number of anilines is 1. The van der Waals surface area contributed by atoms with E-state index < -0.39 is 60.1 Å². The lowest BCUT2D eigenvalue weighted by Crippen LogP contribution is -2.45. The minimum Gasteiger partial charge on any atom is -0.457 e. The van der Waals surface area contributed by atoms with Crippen molar-refractivity contribution in [1.29, 1.82) is 0 Å². The van der Waals surface area contributed by atoms with Gasteiger partial charge < -0.3 is 25.3 Å². The van der Waals surface area contributed by atoms with Crippen molar-refractivity contribution >= 4 is 23.4 Å². The second kappa shape index (κ2) is 12.1. The molecule has 1 heterocycles. The lowest BCUT2D eigenvalue weighted by Gasteiger charge is -2.22. The predicted molar refractivity (Wildman–Crippen MR) is 132 cm³/mol. The van der Waals surface area contributed by atoms with E-state index >= 15 is 0 Å². The minimum atomic E-state index is -4.72. The molecule has 0 aliphatic heterocycles. The van der Waals surface area contributed by atoms with Crippen LogP contribution in [0.2, 0.25) is 0 Å². The van der Waals surface area contributed by atoms with Gasteiger partial charge in [-0.05, 0) is 74.5 Å². The summed E-state index contributed by atoms with van der Waals surface area (Å²) in [4.78, 5) is 40.6. The maximum atomic E-state index is 12.9. The summed E-state index contributed by atoms with van der Waals surface area (Å²) in [5.74, 6) is -1.96. The van der Waals surface area contributed by atoms with Gasteiger partial charge in [-0.25, -0.2) is 0 Å². The maximum absolute atomic E-state index is 12.9. The van der Waals surface area contributed by atoms with Crippen LogP contribution in [0.5, 0.6) is 11.5 Å². The predicted octanol–water partition coefficient (Wildman–Crippen LogP) is 5.45. The van der Waals surface area contributed by atoms with Crippen LogP contribution in [0.3, 0.4) is 0 Å². The Balaban J connectivity index is 1.67. The number of nitrogens with zero attached hydrogens (tertiary/aromatic N) is 1. The van der Waals surface area contributed by atoms with E-state index in [1.54, 1.807) is 13.8 Å². The van der Waals surface area contributed by atoms with Crippen LogP contribution in [-0.4, -0.2) is 46.7 Å². The molecule has 0 aliphatic rings. The van der Waals surface area contributed by atoms with E-state index in [4.69, 9.17) is 4.74 Å². The largest absolute Gasteiger partial charge is 0.457 e. The molecule has 14 heteroatoms. The summed E-state index contributed by atoms with van der Waals surface area (Å²) >= 11 is 0. The third kappa shape index (κ3) is 8.51. The van der Waals surface area contributed by atoms with Crippen molar-refractivity contribution in [3.63, 3.8) is 0 Å². The Kier molecular flexibility index (Phi) is 9.12. The highest BCUT2D eigenvalue weighted by molar-refractivity contribution is 6.00. The second-order valence-electron chi connectivity index (χ2n) is 8.86. The molecule has 2 aromatic carbocycles. The standard InChI is InChI=1S/C26H24F6N4O4/c1-15(2)33-22(37)13-36(24(39)20-11-12-21(35-20)26(30,31)32)14-23(38)34-17-5-9-19(10-6-17)40-18-7-3-16(4-8-18)25(27,28)29/h3-12,15,35H,13-14H2,1-2H3,(H,33,37)(H,34,38). The molecule has 0 saturated heterocycles. The zero-order valence-electron chi connectivity index (χ0n) is 21.1. The van der Waals surface area contributed by atoms with Crippen molar-refractivity contribution in [2.45, 2.75) is 32.2 Å². The molecule has 0 spiro atoms. The van der Waals surface area contributed by atoms with Crippen LogP contribution in [0.15, 0.2) is 60.7 Å². The van der Waals surface area contributed by atoms with Crippen LogP contribution < -0.4 is 15.4 Å². The molecule has 0 atom stereocenters. The van der Waals surface area contributed by atoms with E-state index in [-0.39, 0.29) is 23.2 Å². The highest BCUT2D eigenvalue weighted by Crippen LogP contribution is 2.32. The van der Waals surface area contributed by atoms with Crippen LogP contribution in [-0.2, 0) is 21.9 Å². The highest BCUT2D eigenvalue weighted by atomic mass is 19.4. The Morgan fingerprint density at radius 1 is 0.800 bits per heavy atom. The monoisotopic (exact) mass is 570 g/mol. The first-order valence-electron chi connectivity index (χ1n) is 11.7. The summed E-state index contributed by atoms with van der Waals surface area (Å²) in [6.07, 6.45) is -9.21. The summed E-state index contributed by atoms with van der Waals surface area (Å²) in [5, 5.41) is 5.05. The van der Waals surface area contributed by atoms with Gasteiger partial charge in [-0.3, -0.25) is 14.4 Å². The first kappa shape index (κ1) is 30.1. The molecular weight excluding hydrogens is 546 g/mol. The molecule has 3 amide bonds. The van der Waals surface area contributed by atoms with Crippen molar-refractivity contribution in [2.24, 2.45) is 0 Å². The Labute approximate surface area is 224 Å². The van der Waals surface area contributed by atoms with E-state index in [1.807, 2.05) is 4.98 Å². The molecule has 214 valence electrons. The third-order valence-electron chi connectivity index (χ3n) is 5.18. The number of aromatic amines is 1. The number of carbonyl (C=O) groups is 3. The van der Waals surface area contributed by atoms with Crippen molar-refractivity contribution in [3.05, 3.63) is 77.6 Å². The van der Waals surface area contributed by atoms with Crippen molar-refractivity contribution in [2.75, 3.05) is 18.4 Å². The number of alkyl halides is 6. The molecule has 8 nitrogen and oxygen atoms in total. The van der Waals surface area contributed by atoms with Gasteiger partial charge in [0.25, 0.3) is 5.91 Å². The van der Waals surface area contributed by atoms with Crippen molar-refractivity contribution < 1.29 is 45.5 Å². The molecular formula is C26H24F6N4O4. The molecule has 0 bridgehead atoms. The van der Waals surface area contributed by atoms with Gasteiger partial charge in [0.15, 0.2) is 0 Å². The number of carbonyl (C=O) groups excluding carboxylic acids is 3. The number of rotatable bonds is 9. The zero-order chi connectivity index (χ0) is 29.7. The Bertz CT molecular complexity index is 1330. The second-order valence-corrected chi connectivity index (χ2v) is 8.86. The fourth-order valence-corrected chi connectivity index (χ4v) is 3.42. The summed E-state index contributed by atoms with van der Waals surface area (Å²) in [6.45, 7) is 2.09. The summed E-state index contributed by atoms with van der Waals surface area (Å²) in [7, 11) is 0. The number of hydrogen-bond donors (Lipinski definition) is 3. The number of aromatic nitrogens is 1. The van der Waals surface area contributed by atoms with Crippen LogP contribution in [0.4, 0.5) is 32.0 Å². The number of nitrogens with one attached hydrogen (secondary N) is 3. The van der Waals surface area contributed by atoms with Crippen LogP contribution in [0.1, 0.15) is 35.6 Å². The SMILES string of the molecule is CC(C)NC(=O)CN(CC(=O)Nc1ccc(Oc2ccc(C(F)(F)F)cc2)cc1)C(=O)c1ccc(C(F)(F)F)[nH]1. The van der Waals surface area contributed by atoms with E-state index in [1.165, 1.54) is 24.3 Å². The molecule has 0 saturated carbocycles. The summed E-state index contributed by atoms with van der Waals surface area (Å²) in [5.41, 5.74) is -2.19. The smallest absolute Gasteiger partial charge is 0.431 e. The maximum Gasteiger partial charge on any atom is 0.431 e. The Hall–Kier alpha value is -4.49. The number of amides is 3. The van der Waals surface area contributed by atoms with Gasteiger partial charge in [0, 0.05) is 11.7 Å². The summed E-state index contributed by atoms with van der Waals surface area (Å²) < 4.78 is 82.4. The molecule has 0 aliphatic carbocycles. The van der Waals surface area contributed by atoms with Crippen molar-refractivity contribution in [3.8, 4) is 11.5 Å². The van der Waals surface area contributed by atoms with Crippen LogP contribution in [0, 0.1) is 0 Å². The normalized spacial score (nSPS) is 11.7. The summed E-state index contributed by atoms with van der Waals surface area (Å²) in [6, 6.07) is 11.1. The van der Waals surface area contributed by atoms with Gasteiger partial charge >= 0.3 is 12.4 Å². The molecule has 3 rings (SSSR count). The molecule has 40 heavy (non-hydrogen) atoms. The van der Waals surface area contributed by atoms with Crippen LogP contribution >= 0.6 is 0 Å². The number of benzene rings is 2. The average Bonchev–Trinajstić information content (AvgIpc) is 3.35. The molecule has 0 unspecified atom stereocenters. The average molecular weight is 570 g/mol. The lowest BCUT2D eigenvalue weighted by atomic mass is 10.2. The lowest BCUT2D eigenvalue weighted by molar-refractivity contribution is -0.141. The molecule has 3 N–H and O–H groups in total. The van der Waals surface area contributed by atoms with Crippen LogP contribution in [0.25, 0.3) is 0 Å². The molecule has 0 radical (unpaired) electrons. The van der Waals surface area contributed by atoms with E-state index in [0.717, 1.165) is 35.2 Å². The number of ether oxygens (including phenoxy) is 1. The third-order valence-corrected chi connectivity index (χ3v) is 5.18. The molecule has 3 aromatic rings.